The third-order valence-corrected chi connectivity index (χ3v) is 7.65. The molecule has 1 aliphatic heterocycles. The molecule has 0 spiro atoms. The van der Waals surface area contributed by atoms with E-state index in [4.69, 9.17) is 4.74 Å². The maximum atomic E-state index is 14.2. The van der Waals surface area contributed by atoms with Crippen molar-refractivity contribution in [3.63, 3.8) is 0 Å². The smallest absolute Gasteiger partial charge is 0.283 e. The van der Waals surface area contributed by atoms with Crippen molar-refractivity contribution in [1.82, 2.24) is 24.4 Å². The molecule has 0 atom stereocenters. The Kier molecular flexibility index (Phi) is 8.40. The van der Waals surface area contributed by atoms with Gasteiger partial charge in [-0.1, -0.05) is 12.6 Å². The van der Waals surface area contributed by atoms with Crippen LogP contribution in [0.5, 0.6) is 5.75 Å². The van der Waals surface area contributed by atoms with Gasteiger partial charge in [0.2, 0.25) is 11.9 Å². The van der Waals surface area contributed by atoms with Crippen molar-refractivity contribution < 1.29 is 18.3 Å². The fraction of sp³-hybridized carbons (Fsp3) is 0.182. The number of methoxy groups -OCH3 is 1. The first-order valence-corrected chi connectivity index (χ1v) is 14.4. The number of rotatable bonds is 8. The van der Waals surface area contributed by atoms with Crippen LogP contribution in [0.3, 0.4) is 0 Å². The number of amides is 1. The summed E-state index contributed by atoms with van der Waals surface area (Å²) in [4.78, 5) is 44.1. The molecular formula is C33H30F2N8O3. The molecule has 0 aliphatic carbocycles. The van der Waals surface area contributed by atoms with Crippen molar-refractivity contribution >= 4 is 40.1 Å². The molecule has 5 aromatic rings. The number of hydrogen-bond acceptors (Lipinski definition) is 9. The Bertz CT molecular complexity index is 2030. The third kappa shape index (κ3) is 6.13. The number of ether oxygens (including phenoxy) is 1. The number of nitrogens with zero attached hydrogens (tertiary/aromatic N) is 6. The van der Waals surface area contributed by atoms with Crippen LogP contribution in [-0.4, -0.2) is 70.7 Å². The summed E-state index contributed by atoms with van der Waals surface area (Å²) in [6, 6.07) is 15.4. The minimum absolute atomic E-state index is 0.0723. The van der Waals surface area contributed by atoms with E-state index >= 15 is 0 Å². The molecule has 13 heteroatoms. The lowest BCUT2D eigenvalue weighted by Crippen LogP contribution is -2.44. The highest BCUT2D eigenvalue weighted by Crippen LogP contribution is 2.32. The number of carbonyl (C=O) groups is 1. The quantitative estimate of drug-likeness (QED) is 0.236. The predicted octanol–water partition coefficient (Wildman–Crippen LogP) is 4.75. The summed E-state index contributed by atoms with van der Waals surface area (Å²) < 4.78 is 34.9. The molecule has 0 saturated carbocycles. The molecule has 0 bridgehead atoms. The van der Waals surface area contributed by atoms with E-state index in [-0.39, 0.29) is 28.4 Å². The summed E-state index contributed by atoms with van der Waals surface area (Å²) in [5.74, 6) is -1.88. The van der Waals surface area contributed by atoms with Crippen LogP contribution in [0.25, 0.3) is 28.1 Å². The Morgan fingerprint density at radius 3 is 2.52 bits per heavy atom. The van der Waals surface area contributed by atoms with E-state index in [0.717, 1.165) is 50.1 Å². The van der Waals surface area contributed by atoms with Gasteiger partial charge < -0.3 is 25.2 Å². The second-order valence-corrected chi connectivity index (χ2v) is 10.7. The van der Waals surface area contributed by atoms with Crippen LogP contribution in [0.2, 0.25) is 0 Å². The summed E-state index contributed by atoms with van der Waals surface area (Å²) >= 11 is 0. The first kappa shape index (κ1) is 30.3. The lowest BCUT2D eigenvalue weighted by molar-refractivity contribution is -0.111. The molecule has 3 heterocycles. The molecule has 234 valence electrons. The maximum absolute atomic E-state index is 14.2. The van der Waals surface area contributed by atoms with Crippen LogP contribution >= 0.6 is 0 Å². The van der Waals surface area contributed by atoms with Crippen molar-refractivity contribution in [2.45, 2.75) is 0 Å². The number of piperazine rings is 1. The van der Waals surface area contributed by atoms with Gasteiger partial charge in [-0.3, -0.25) is 14.2 Å². The zero-order valence-corrected chi connectivity index (χ0v) is 25.1. The van der Waals surface area contributed by atoms with E-state index in [2.05, 4.69) is 49.0 Å². The number of hydrogen-bond donors (Lipinski definition) is 2. The summed E-state index contributed by atoms with van der Waals surface area (Å²) in [5, 5.41) is 5.85. The minimum atomic E-state index is -1.12. The molecular weight excluding hydrogens is 594 g/mol. The number of halogens is 2. The highest BCUT2D eigenvalue weighted by atomic mass is 19.2. The Morgan fingerprint density at radius 2 is 1.78 bits per heavy atom. The molecule has 6 rings (SSSR count). The van der Waals surface area contributed by atoms with Crippen LogP contribution in [-0.2, 0) is 4.79 Å². The van der Waals surface area contributed by atoms with Gasteiger partial charge in [-0.05, 0) is 61.7 Å². The SMILES string of the molecule is C=CC(=O)Nc1cccc(-n2c(=O)c(-c3ccc(F)c(F)c3)nc3cnc(Nc4ccc(N5CCN(C)CC5)cc4OC)nc32)c1. The number of fused-ring (bicyclic) bond motifs is 1. The fourth-order valence-electron chi connectivity index (χ4n) is 5.19. The second kappa shape index (κ2) is 12.7. The van der Waals surface area contributed by atoms with Crippen molar-refractivity contribution in [3.05, 3.63) is 102 Å². The van der Waals surface area contributed by atoms with E-state index in [1.165, 1.54) is 16.8 Å². The molecule has 2 N–H and O–H groups in total. The molecule has 1 aliphatic rings. The Morgan fingerprint density at radius 1 is 0.978 bits per heavy atom. The van der Waals surface area contributed by atoms with Gasteiger partial charge >= 0.3 is 0 Å². The Hall–Kier alpha value is -5.69. The highest BCUT2D eigenvalue weighted by Gasteiger charge is 2.20. The molecule has 11 nitrogen and oxygen atoms in total. The zero-order chi connectivity index (χ0) is 32.4. The third-order valence-electron chi connectivity index (χ3n) is 7.65. The van der Waals surface area contributed by atoms with Gasteiger partial charge in [-0.25, -0.2) is 18.7 Å². The fourth-order valence-corrected chi connectivity index (χ4v) is 5.19. The number of carbonyl (C=O) groups excluding carboxylic acids is 1. The molecule has 0 radical (unpaired) electrons. The van der Waals surface area contributed by atoms with Crippen LogP contribution in [0.15, 0.2) is 84.3 Å². The number of aromatic nitrogens is 4. The van der Waals surface area contributed by atoms with Gasteiger partial charge in [0.25, 0.3) is 5.56 Å². The number of likely N-dealkylation sites (N-methyl/N-ethyl adjacent to an activating group) is 1. The molecule has 1 saturated heterocycles. The molecule has 1 amide bonds. The van der Waals surface area contributed by atoms with Crippen LogP contribution < -0.4 is 25.8 Å². The highest BCUT2D eigenvalue weighted by molar-refractivity contribution is 5.99. The Balaban J connectivity index is 1.45. The topological polar surface area (TPSA) is 118 Å². The second-order valence-electron chi connectivity index (χ2n) is 10.7. The number of nitrogens with one attached hydrogen (secondary N) is 2. The normalized spacial score (nSPS) is 13.4. The first-order valence-electron chi connectivity index (χ1n) is 14.4. The van der Waals surface area contributed by atoms with Crippen LogP contribution in [0.1, 0.15) is 0 Å². The van der Waals surface area contributed by atoms with Gasteiger partial charge in [-0.15, -0.1) is 0 Å². The maximum Gasteiger partial charge on any atom is 0.283 e. The van der Waals surface area contributed by atoms with Crippen LogP contribution in [0.4, 0.5) is 31.8 Å². The minimum Gasteiger partial charge on any atom is -0.494 e. The van der Waals surface area contributed by atoms with E-state index < -0.39 is 23.1 Å². The van der Waals surface area contributed by atoms with Crippen molar-refractivity contribution in [2.24, 2.45) is 0 Å². The number of benzene rings is 3. The van der Waals surface area contributed by atoms with E-state index in [0.29, 0.717) is 22.8 Å². The molecule has 3 aromatic carbocycles. The summed E-state index contributed by atoms with van der Waals surface area (Å²) in [5.41, 5.74) is 1.99. The lowest BCUT2D eigenvalue weighted by atomic mass is 10.1. The van der Waals surface area contributed by atoms with Crippen LogP contribution in [0, 0.1) is 11.6 Å². The van der Waals surface area contributed by atoms with Gasteiger partial charge in [0.15, 0.2) is 17.3 Å². The molecule has 2 aromatic heterocycles. The van der Waals surface area contributed by atoms with Crippen molar-refractivity contribution in [2.75, 3.05) is 55.9 Å². The van der Waals surface area contributed by atoms with Gasteiger partial charge in [0.1, 0.15) is 17.0 Å². The van der Waals surface area contributed by atoms with Crippen molar-refractivity contribution in [1.29, 1.82) is 0 Å². The standard InChI is InChI=1S/C33H30F2N8O3/c1-4-29(44)37-21-6-5-7-23(17-21)43-31-27(38-30(32(43)45)20-8-10-24(34)25(35)16-20)19-36-33(40-31)39-26-11-9-22(18-28(26)46-3)42-14-12-41(2)13-15-42/h4-11,16-19H,1,12-15H2,2-3H3,(H,37,44)(H,36,39,40). The molecule has 0 unspecified atom stereocenters. The average molecular weight is 625 g/mol. The van der Waals surface area contributed by atoms with E-state index in [1.807, 2.05) is 18.2 Å². The summed E-state index contributed by atoms with van der Waals surface area (Å²) in [6.07, 6.45) is 2.55. The largest absolute Gasteiger partial charge is 0.494 e. The number of anilines is 4. The monoisotopic (exact) mass is 624 g/mol. The van der Waals surface area contributed by atoms with E-state index in [1.54, 1.807) is 31.4 Å². The van der Waals surface area contributed by atoms with Gasteiger partial charge in [0, 0.05) is 49.2 Å². The summed E-state index contributed by atoms with van der Waals surface area (Å²) in [7, 11) is 3.68. The molecule has 1 fully saturated rings. The average Bonchev–Trinajstić information content (AvgIpc) is 3.06. The summed E-state index contributed by atoms with van der Waals surface area (Å²) in [6.45, 7) is 7.19. The molecule has 46 heavy (non-hydrogen) atoms. The predicted molar refractivity (Wildman–Crippen MR) is 173 cm³/mol. The van der Waals surface area contributed by atoms with Gasteiger partial charge in [0.05, 0.1) is 24.7 Å². The van der Waals surface area contributed by atoms with Gasteiger partial charge in [-0.2, -0.15) is 4.98 Å². The Labute approximate surface area is 262 Å². The lowest BCUT2D eigenvalue weighted by Gasteiger charge is -2.34. The van der Waals surface area contributed by atoms with E-state index in [9.17, 15) is 18.4 Å². The first-order chi connectivity index (χ1) is 22.2. The van der Waals surface area contributed by atoms with Crippen molar-refractivity contribution in [3.8, 4) is 22.7 Å². The zero-order valence-electron chi connectivity index (χ0n) is 25.1.